The molecule has 0 aliphatic heterocycles. The number of aryl methyl sites for hydroxylation is 1. The smallest absolute Gasteiger partial charge is 0.340 e. The Kier molecular flexibility index (Phi) is 5.50. The van der Waals surface area contributed by atoms with Crippen LogP contribution in [0.3, 0.4) is 0 Å². The Balaban J connectivity index is 1.91. The van der Waals surface area contributed by atoms with Gasteiger partial charge in [0.1, 0.15) is 0 Å². The van der Waals surface area contributed by atoms with Crippen molar-refractivity contribution in [3.05, 3.63) is 71.9 Å². The van der Waals surface area contributed by atoms with Crippen molar-refractivity contribution in [2.24, 2.45) is 12.8 Å². The number of carbonyl (C=O) groups excluding carboxylic acids is 1. The summed E-state index contributed by atoms with van der Waals surface area (Å²) >= 11 is 1.20. The number of carbonyl (C=O) groups is 1. The first-order chi connectivity index (χ1) is 14.5. The lowest BCUT2D eigenvalue weighted by atomic mass is 9.97. The van der Waals surface area contributed by atoms with E-state index in [-0.39, 0.29) is 11.1 Å². The summed E-state index contributed by atoms with van der Waals surface area (Å²) in [5.41, 5.74) is 10.1. The molecule has 0 radical (unpaired) electrons. The topological polar surface area (TPSA) is 81.1 Å². The highest BCUT2D eigenvalue weighted by atomic mass is 32.2. The van der Waals surface area contributed by atoms with Crippen LogP contribution in [0.4, 0.5) is 0 Å². The number of nitrogens with two attached hydrogens (primary N) is 1. The maximum atomic E-state index is 12.7. The van der Waals surface area contributed by atoms with Crippen LogP contribution in [0.15, 0.2) is 60.7 Å². The van der Waals surface area contributed by atoms with Crippen LogP contribution in [-0.4, -0.2) is 22.3 Å². The number of esters is 1. The van der Waals surface area contributed by atoms with Gasteiger partial charge in [0.05, 0.1) is 12.2 Å². The van der Waals surface area contributed by atoms with Crippen molar-refractivity contribution >= 4 is 44.6 Å². The van der Waals surface area contributed by atoms with Crippen LogP contribution in [-0.2, 0) is 17.5 Å². The van der Waals surface area contributed by atoms with Gasteiger partial charge in [0, 0.05) is 29.4 Å². The Bertz CT molecular complexity index is 1270. The lowest BCUT2D eigenvalue weighted by Gasteiger charge is -2.08. The summed E-state index contributed by atoms with van der Waals surface area (Å²) in [4.78, 5) is 12.7. The molecule has 1 aromatic heterocycles. The molecule has 0 aliphatic carbocycles. The SMILES string of the molecule is CCOC(=O)c1c(CSC(=N)N)n(C)c2cc(-c3cccc4ccccc34)ccc12. The Hall–Kier alpha value is -3.25. The molecule has 4 rings (SSSR count). The fourth-order valence-corrected chi connectivity index (χ4v) is 4.51. The van der Waals surface area contributed by atoms with Gasteiger partial charge in [-0.05, 0) is 34.9 Å². The van der Waals surface area contributed by atoms with Gasteiger partial charge in [-0.3, -0.25) is 5.41 Å². The molecular formula is C24H23N3O2S. The first kappa shape index (κ1) is 20.0. The highest BCUT2D eigenvalue weighted by Gasteiger charge is 2.23. The molecule has 0 amide bonds. The van der Waals surface area contributed by atoms with E-state index in [2.05, 4.69) is 42.5 Å². The predicted molar refractivity (Wildman–Crippen MR) is 125 cm³/mol. The second-order valence-corrected chi connectivity index (χ2v) is 8.03. The normalized spacial score (nSPS) is 11.1. The van der Waals surface area contributed by atoms with E-state index in [4.69, 9.17) is 15.9 Å². The molecule has 0 bridgehead atoms. The summed E-state index contributed by atoms with van der Waals surface area (Å²) in [6.45, 7) is 2.11. The van der Waals surface area contributed by atoms with Crippen molar-refractivity contribution in [2.45, 2.75) is 12.7 Å². The van der Waals surface area contributed by atoms with Gasteiger partial charge in [-0.25, -0.2) is 4.79 Å². The number of nitrogens with zero attached hydrogens (tertiary/aromatic N) is 1. The van der Waals surface area contributed by atoms with E-state index in [0.717, 1.165) is 27.7 Å². The molecule has 6 heteroatoms. The van der Waals surface area contributed by atoms with E-state index >= 15 is 0 Å². The lowest BCUT2D eigenvalue weighted by Crippen LogP contribution is -2.10. The van der Waals surface area contributed by atoms with Crippen LogP contribution in [0.5, 0.6) is 0 Å². The fraction of sp³-hybridized carbons (Fsp3) is 0.167. The second kappa shape index (κ2) is 8.24. The maximum Gasteiger partial charge on any atom is 0.340 e. The summed E-state index contributed by atoms with van der Waals surface area (Å²) < 4.78 is 7.33. The van der Waals surface area contributed by atoms with Crippen molar-refractivity contribution in [3.8, 4) is 11.1 Å². The largest absolute Gasteiger partial charge is 0.462 e. The molecule has 0 atom stereocenters. The van der Waals surface area contributed by atoms with Gasteiger partial charge in [-0.1, -0.05) is 66.4 Å². The number of thioether (sulfide) groups is 1. The summed E-state index contributed by atoms with van der Waals surface area (Å²) in [5, 5.41) is 10.8. The standard InChI is InChI=1S/C24H23N3O2S/c1-3-29-23(28)22-19-12-11-16(13-20(19)27(2)21(22)14-30-24(25)26)18-10-6-8-15-7-4-5-9-17(15)18/h4-13H,3,14H2,1-2H3,(H3,25,26). The van der Waals surface area contributed by atoms with E-state index in [0.29, 0.717) is 17.9 Å². The number of ether oxygens (including phenoxy) is 1. The first-order valence-electron chi connectivity index (χ1n) is 9.74. The molecule has 3 aromatic carbocycles. The number of hydrogen-bond acceptors (Lipinski definition) is 4. The minimum absolute atomic E-state index is 0.0199. The molecule has 4 aromatic rings. The number of hydrogen-bond donors (Lipinski definition) is 2. The first-order valence-corrected chi connectivity index (χ1v) is 10.7. The molecule has 1 heterocycles. The van der Waals surface area contributed by atoms with Gasteiger partial charge >= 0.3 is 5.97 Å². The molecule has 152 valence electrons. The average Bonchev–Trinajstić information content (AvgIpc) is 3.03. The highest BCUT2D eigenvalue weighted by molar-refractivity contribution is 8.13. The van der Waals surface area contributed by atoms with Crippen molar-refractivity contribution in [1.82, 2.24) is 4.57 Å². The van der Waals surface area contributed by atoms with Gasteiger partial charge < -0.3 is 15.0 Å². The van der Waals surface area contributed by atoms with Crippen LogP contribution < -0.4 is 5.73 Å². The zero-order valence-corrected chi connectivity index (χ0v) is 17.8. The predicted octanol–water partition coefficient (Wildman–Crippen LogP) is 5.30. The number of aromatic nitrogens is 1. The number of nitrogens with one attached hydrogen (secondary N) is 1. The van der Waals surface area contributed by atoms with Crippen molar-refractivity contribution in [3.63, 3.8) is 0 Å². The Morgan fingerprint density at radius 1 is 1.10 bits per heavy atom. The van der Waals surface area contributed by atoms with Crippen LogP contribution in [0.1, 0.15) is 23.0 Å². The summed E-state index contributed by atoms with van der Waals surface area (Å²) in [6.07, 6.45) is 0. The zero-order valence-electron chi connectivity index (χ0n) is 16.9. The molecular weight excluding hydrogens is 394 g/mol. The molecule has 3 N–H and O–H groups in total. The molecule has 30 heavy (non-hydrogen) atoms. The maximum absolute atomic E-state index is 12.7. The number of benzene rings is 3. The Morgan fingerprint density at radius 3 is 2.63 bits per heavy atom. The van der Waals surface area contributed by atoms with Crippen LogP contribution in [0.2, 0.25) is 0 Å². The van der Waals surface area contributed by atoms with Crippen molar-refractivity contribution < 1.29 is 9.53 Å². The summed E-state index contributed by atoms with van der Waals surface area (Å²) in [7, 11) is 1.94. The fourth-order valence-electron chi connectivity index (χ4n) is 3.88. The van der Waals surface area contributed by atoms with Crippen LogP contribution in [0.25, 0.3) is 32.8 Å². The molecule has 0 aliphatic rings. The lowest BCUT2D eigenvalue weighted by molar-refractivity contribution is 0.0527. The third-order valence-electron chi connectivity index (χ3n) is 5.27. The number of rotatable bonds is 5. The minimum atomic E-state index is -0.347. The molecule has 0 saturated heterocycles. The van der Waals surface area contributed by atoms with Gasteiger partial charge in [0.25, 0.3) is 0 Å². The monoisotopic (exact) mass is 417 g/mol. The van der Waals surface area contributed by atoms with Crippen molar-refractivity contribution in [1.29, 1.82) is 5.41 Å². The van der Waals surface area contributed by atoms with Gasteiger partial charge in [-0.15, -0.1) is 0 Å². The van der Waals surface area contributed by atoms with Crippen molar-refractivity contribution in [2.75, 3.05) is 6.61 Å². The number of fused-ring (bicyclic) bond motifs is 2. The van der Waals surface area contributed by atoms with Gasteiger partial charge in [-0.2, -0.15) is 0 Å². The average molecular weight is 418 g/mol. The number of amidine groups is 1. The summed E-state index contributed by atoms with van der Waals surface area (Å²) in [6, 6.07) is 20.7. The van der Waals surface area contributed by atoms with Crippen LogP contribution >= 0.6 is 11.8 Å². The van der Waals surface area contributed by atoms with Crippen LogP contribution in [0, 0.1) is 5.41 Å². The minimum Gasteiger partial charge on any atom is -0.462 e. The molecule has 0 unspecified atom stereocenters. The van der Waals surface area contributed by atoms with Gasteiger partial charge in [0.15, 0.2) is 5.17 Å². The third kappa shape index (κ3) is 3.55. The Labute approximate surface area is 179 Å². The summed E-state index contributed by atoms with van der Waals surface area (Å²) in [5.74, 6) is 0.0818. The highest BCUT2D eigenvalue weighted by Crippen LogP contribution is 2.34. The molecule has 0 fully saturated rings. The van der Waals surface area contributed by atoms with E-state index in [1.807, 2.05) is 29.8 Å². The zero-order chi connectivity index (χ0) is 21.3. The Morgan fingerprint density at radius 2 is 1.87 bits per heavy atom. The molecule has 5 nitrogen and oxygen atoms in total. The molecule has 0 saturated carbocycles. The van der Waals surface area contributed by atoms with E-state index < -0.39 is 0 Å². The van der Waals surface area contributed by atoms with E-state index in [1.165, 1.54) is 22.5 Å². The van der Waals surface area contributed by atoms with E-state index in [9.17, 15) is 4.79 Å². The second-order valence-electron chi connectivity index (χ2n) is 7.01. The third-order valence-corrected chi connectivity index (χ3v) is 6.00. The van der Waals surface area contributed by atoms with Gasteiger partial charge in [0.2, 0.25) is 0 Å². The molecule has 0 spiro atoms. The quantitative estimate of drug-likeness (QED) is 0.262. The van der Waals surface area contributed by atoms with E-state index in [1.54, 1.807) is 6.92 Å².